The standard InChI is InChI=1S/C16H33NO/c1-15(18-2)14-17-16-12-10-8-6-4-3-5-7-9-11-13-16/h15-17H,3-14H2,1-2H3. The van der Waals surface area contributed by atoms with Crippen LogP contribution in [0, 0.1) is 0 Å². The molecule has 1 aliphatic carbocycles. The van der Waals surface area contributed by atoms with Crippen LogP contribution in [0.3, 0.4) is 0 Å². The maximum absolute atomic E-state index is 5.32. The molecule has 2 heteroatoms. The van der Waals surface area contributed by atoms with Crippen molar-refractivity contribution < 1.29 is 4.74 Å². The van der Waals surface area contributed by atoms with E-state index in [2.05, 4.69) is 12.2 Å². The highest BCUT2D eigenvalue weighted by Gasteiger charge is 2.10. The highest BCUT2D eigenvalue weighted by molar-refractivity contribution is 4.69. The second kappa shape index (κ2) is 10.8. The Bertz CT molecular complexity index is 172. The van der Waals surface area contributed by atoms with Crippen molar-refractivity contribution in [2.24, 2.45) is 0 Å². The van der Waals surface area contributed by atoms with Gasteiger partial charge in [-0.05, 0) is 19.8 Å². The van der Waals surface area contributed by atoms with Gasteiger partial charge < -0.3 is 10.1 Å². The van der Waals surface area contributed by atoms with Crippen LogP contribution in [0.2, 0.25) is 0 Å². The normalized spacial score (nSPS) is 23.0. The van der Waals surface area contributed by atoms with E-state index in [-0.39, 0.29) is 0 Å². The third kappa shape index (κ3) is 8.10. The van der Waals surface area contributed by atoms with Gasteiger partial charge in [-0.3, -0.25) is 0 Å². The first-order valence-corrected chi connectivity index (χ1v) is 8.09. The molecule has 1 rings (SSSR count). The van der Waals surface area contributed by atoms with Gasteiger partial charge >= 0.3 is 0 Å². The summed E-state index contributed by atoms with van der Waals surface area (Å²) in [6, 6.07) is 0.724. The van der Waals surface area contributed by atoms with Gasteiger partial charge in [-0.1, -0.05) is 57.8 Å². The Balaban J connectivity index is 2.23. The molecular formula is C16H33NO. The maximum atomic E-state index is 5.32. The Morgan fingerprint density at radius 3 is 1.78 bits per heavy atom. The second-order valence-electron chi connectivity index (χ2n) is 5.91. The van der Waals surface area contributed by atoms with Crippen LogP contribution in [0.15, 0.2) is 0 Å². The van der Waals surface area contributed by atoms with Crippen LogP contribution in [0.5, 0.6) is 0 Å². The average molecular weight is 255 g/mol. The molecule has 108 valence electrons. The molecular weight excluding hydrogens is 222 g/mol. The number of ether oxygens (including phenoxy) is 1. The van der Waals surface area contributed by atoms with Crippen LogP contribution >= 0.6 is 0 Å². The van der Waals surface area contributed by atoms with Gasteiger partial charge in [0, 0.05) is 19.7 Å². The van der Waals surface area contributed by atoms with Gasteiger partial charge in [0.1, 0.15) is 0 Å². The molecule has 1 unspecified atom stereocenters. The summed E-state index contributed by atoms with van der Waals surface area (Å²) in [6.07, 6.45) is 16.0. The van der Waals surface area contributed by atoms with E-state index in [1.165, 1.54) is 70.6 Å². The summed E-state index contributed by atoms with van der Waals surface area (Å²) in [5.74, 6) is 0. The van der Waals surface area contributed by atoms with Gasteiger partial charge in [-0.15, -0.1) is 0 Å². The summed E-state index contributed by atoms with van der Waals surface area (Å²) in [4.78, 5) is 0. The van der Waals surface area contributed by atoms with Gasteiger partial charge in [-0.2, -0.15) is 0 Å². The van der Waals surface area contributed by atoms with Crippen molar-refractivity contribution in [3.05, 3.63) is 0 Å². The van der Waals surface area contributed by atoms with E-state index in [4.69, 9.17) is 4.74 Å². The fraction of sp³-hybridized carbons (Fsp3) is 1.00. The van der Waals surface area contributed by atoms with Crippen molar-refractivity contribution >= 4 is 0 Å². The predicted octanol–water partition coefficient (Wildman–Crippen LogP) is 4.28. The maximum Gasteiger partial charge on any atom is 0.0667 e. The third-order valence-corrected chi connectivity index (χ3v) is 4.20. The molecule has 18 heavy (non-hydrogen) atoms. The number of hydrogen-bond donors (Lipinski definition) is 1. The summed E-state index contributed by atoms with van der Waals surface area (Å²) >= 11 is 0. The van der Waals surface area contributed by atoms with Crippen LogP contribution < -0.4 is 5.32 Å². The average Bonchev–Trinajstić information content (AvgIpc) is 2.37. The Morgan fingerprint density at radius 2 is 1.33 bits per heavy atom. The van der Waals surface area contributed by atoms with Crippen molar-refractivity contribution in [2.75, 3.05) is 13.7 Å². The minimum absolute atomic E-state index is 0.339. The van der Waals surface area contributed by atoms with E-state index in [0.29, 0.717) is 6.10 Å². The molecule has 0 spiro atoms. The lowest BCUT2D eigenvalue weighted by molar-refractivity contribution is 0.113. The van der Waals surface area contributed by atoms with Gasteiger partial charge in [0.25, 0.3) is 0 Å². The van der Waals surface area contributed by atoms with Gasteiger partial charge in [0.2, 0.25) is 0 Å². The molecule has 0 heterocycles. The number of rotatable bonds is 4. The highest BCUT2D eigenvalue weighted by atomic mass is 16.5. The fourth-order valence-corrected chi connectivity index (χ4v) is 2.78. The number of hydrogen-bond acceptors (Lipinski definition) is 2. The van der Waals surface area contributed by atoms with Crippen molar-refractivity contribution in [1.29, 1.82) is 0 Å². The SMILES string of the molecule is COC(C)CNC1CCCCCCCCCCC1. The van der Waals surface area contributed by atoms with E-state index in [1.807, 2.05) is 0 Å². The summed E-state index contributed by atoms with van der Waals surface area (Å²) in [5, 5.41) is 3.70. The molecule has 2 nitrogen and oxygen atoms in total. The monoisotopic (exact) mass is 255 g/mol. The van der Waals surface area contributed by atoms with Crippen molar-refractivity contribution in [1.82, 2.24) is 5.32 Å². The lowest BCUT2D eigenvalue weighted by atomic mass is 9.98. The molecule has 0 aromatic heterocycles. The highest BCUT2D eigenvalue weighted by Crippen LogP contribution is 2.16. The first-order valence-electron chi connectivity index (χ1n) is 8.09. The molecule has 0 bridgehead atoms. The second-order valence-corrected chi connectivity index (χ2v) is 5.91. The Hall–Kier alpha value is -0.0800. The van der Waals surface area contributed by atoms with Crippen LogP contribution in [0.1, 0.15) is 77.6 Å². The summed E-state index contributed by atoms with van der Waals surface area (Å²) in [5.41, 5.74) is 0. The molecule has 1 saturated carbocycles. The largest absolute Gasteiger partial charge is 0.380 e. The van der Waals surface area contributed by atoms with Crippen LogP contribution in [0.25, 0.3) is 0 Å². The van der Waals surface area contributed by atoms with Crippen LogP contribution in [0.4, 0.5) is 0 Å². The molecule has 1 aliphatic rings. The van der Waals surface area contributed by atoms with E-state index in [9.17, 15) is 0 Å². The van der Waals surface area contributed by atoms with Crippen molar-refractivity contribution in [2.45, 2.75) is 89.7 Å². The zero-order valence-electron chi connectivity index (χ0n) is 12.5. The molecule has 0 amide bonds. The Morgan fingerprint density at radius 1 is 0.889 bits per heavy atom. The topological polar surface area (TPSA) is 21.3 Å². The molecule has 0 saturated heterocycles. The Labute approximate surface area is 114 Å². The summed E-state index contributed by atoms with van der Waals surface area (Å²) in [7, 11) is 1.80. The van der Waals surface area contributed by atoms with Crippen molar-refractivity contribution in [3.63, 3.8) is 0 Å². The van der Waals surface area contributed by atoms with E-state index < -0.39 is 0 Å². The predicted molar refractivity (Wildman–Crippen MR) is 79.0 cm³/mol. The first-order chi connectivity index (χ1) is 8.83. The van der Waals surface area contributed by atoms with Gasteiger partial charge in [-0.25, -0.2) is 0 Å². The smallest absolute Gasteiger partial charge is 0.0667 e. The summed E-state index contributed by atoms with van der Waals surface area (Å²) in [6.45, 7) is 3.14. The van der Waals surface area contributed by atoms with Crippen LogP contribution in [-0.4, -0.2) is 25.8 Å². The van der Waals surface area contributed by atoms with Crippen molar-refractivity contribution in [3.8, 4) is 0 Å². The molecule has 0 aliphatic heterocycles. The number of nitrogens with one attached hydrogen (secondary N) is 1. The zero-order valence-corrected chi connectivity index (χ0v) is 12.5. The molecule has 1 fully saturated rings. The Kier molecular flexibility index (Phi) is 9.59. The minimum Gasteiger partial charge on any atom is -0.380 e. The molecule has 0 aromatic carbocycles. The first kappa shape index (κ1) is 16.0. The quantitative estimate of drug-likeness (QED) is 0.809. The minimum atomic E-state index is 0.339. The lowest BCUT2D eigenvalue weighted by Gasteiger charge is -2.21. The van der Waals surface area contributed by atoms with Gasteiger partial charge in [0.05, 0.1) is 6.10 Å². The van der Waals surface area contributed by atoms with E-state index in [1.54, 1.807) is 7.11 Å². The third-order valence-electron chi connectivity index (χ3n) is 4.20. The molecule has 1 N–H and O–H groups in total. The summed E-state index contributed by atoms with van der Waals surface area (Å²) < 4.78 is 5.32. The lowest BCUT2D eigenvalue weighted by Crippen LogP contribution is -2.35. The van der Waals surface area contributed by atoms with Gasteiger partial charge in [0.15, 0.2) is 0 Å². The molecule has 0 aromatic rings. The van der Waals surface area contributed by atoms with E-state index in [0.717, 1.165) is 12.6 Å². The molecule has 0 radical (unpaired) electrons. The fourth-order valence-electron chi connectivity index (χ4n) is 2.78. The van der Waals surface area contributed by atoms with Crippen LogP contribution in [-0.2, 0) is 4.74 Å². The molecule has 1 atom stereocenters. The van der Waals surface area contributed by atoms with E-state index >= 15 is 0 Å². The zero-order chi connectivity index (χ0) is 13.1. The number of methoxy groups -OCH3 is 1.